The van der Waals surface area contributed by atoms with Gasteiger partial charge in [-0.1, -0.05) is 27.7 Å². The van der Waals surface area contributed by atoms with E-state index in [1.165, 1.54) is 6.08 Å². The third-order valence-corrected chi connectivity index (χ3v) is 9.00. The molecule has 0 aromatic carbocycles. The van der Waals surface area contributed by atoms with E-state index in [0.717, 1.165) is 12.4 Å². The first-order chi connectivity index (χ1) is 19.2. The molecule has 0 spiro atoms. The predicted octanol–water partition coefficient (Wildman–Crippen LogP) is 3.36. The SMILES string of the molecule is CC[C@H]1OC(=O)/C=C(\O)[C@H](C)[C@@H](OC2OC(C)CC(N(C)C)C2O)[C@@H](CC=O)C[C@@H](C)C(=O)/C=C/[C@]2(C)O[C@H]2[C@@H]1C. The molecule has 0 aromatic heterocycles. The summed E-state index contributed by atoms with van der Waals surface area (Å²) in [6, 6.07) is -0.234. The van der Waals surface area contributed by atoms with Gasteiger partial charge in [-0.3, -0.25) is 4.79 Å². The highest BCUT2D eigenvalue weighted by atomic mass is 16.7. The van der Waals surface area contributed by atoms with Gasteiger partial charge < -0.3 is 38.9 Å². The van der Waals surface area contributed by atoms with Crippen molar-refractivity contribution in [1.82, 2.24) is 4.90 Å². The first-order valence-electron chi connectivity index (χ1n) is 14.8. The molecule has 0 saturated carbocycles. The molecule has 10 nitrogen and oxygen atoms in total. The second kappa shape index (κ2) is 13.9. The number of rotatable bonds is 6. The van der Waals surface area contributed by atoms with Crippen molar-refractivity contribution < 1.29 is 43.5 Å². The summed E-state index contributed by atoms with van der Waals surface area (Å²) < 4.78 is 24.1. The Morgan fingerprint density at radius 2 is 1.85 bits per heavy atom. The van der Waals surface area contributed by atoms with Gasteiger partial charge in [0, 0.05) is 30.2 Å². The van der Waals surface area contributed by atoms with Gasteiger partial charge in [-0.15, -0.1) is 0 Å². The van der Waals surface area contributed by atoms with Crippen LogP contribution in [0.3, 0.4) is 0 Å². The van der Waals surface area contributed by atoms with Gasteiger partial charge >= 0.3 is 5.97 Å². The minimum atomic E-state index is -1.04. The summed E-state index contributed by atoms with van der Waals surface area (Å²) in [5.41, 5.74) is -0.653. The Morgan fingerprint density at radius 1 is 1.17 bits per heavy atom. The van der Waals surface area contributed by atoms with Crippen molar-refractivity contribution in [2.24, 2.45) is 23.7 Å². The Balaban J connectivity index is 2.00. The van der Waals surface area contributed by atoms with E-state index in [9.17, 15) is 24.6 Å². The molecule has 2 N–H and O–H groups in total. The molecule has 3 heterocycles. The largest absolute Gasteiger partial charge is 0.512 e. The molecule has 0 aromatic rings. The van der Waals surface area contributed by atoms with Crippen LogP contribution in [-0.4, -0.2) is 95.7 Å². The molecule has 41 heavy (non-hydrogen) atoms. The Bertz CT molecular complexity index is 996. The van der Waals surface area contributed by atoms with Gasteiger partial charge in [0.05, 0.1) is 24.4 Å². The monoisotopic (exact) mass is 579 g/mol. The number of aliphatic hydroxyl groups excluding tert-OH is 2. The fraction of sp³-hybridized carbons (Fsp3) is 0.774. The van der Waals surface area contributed by atoms with Crippen molar-refractivity contribution in [3.05, 3.63) is 24.0 Å². The standard InChI is InChI=1S/C31H49NO9/c1-9-25-20(5)29-31(6,41-29)12-10-23(34)17(2)14-21(11-13-33)28(19(4)24(35)16-26(36)39-25)40-30-27(37)22(32(7)8)15-18(3)38-30/h10,12-13,16-22,25,27-30,35,37H,9,11,14-15H2,1-8H3/b12-10+,24-16-/t17-,18?,19+,20-,21+,22?,25-,27?,28-,29+,30?,31+/m1/s1. The Kier molecular flexibility index (Phi) is 11.3. The number of carbonyl (C=O) groups is 3. The number of ether oxygens (including phenoxy) is 4. The number of fused-ring (bicyclic) bond motifs is 1. The van der Waals surface area contributed by atoms with Crippen LogP contribution < -0.4 is 0 Å². The van der Waals surface area contributed by atoms with Crippen LogP contribution in [0.1, 0.15) is 67.2 Å². The Morgan fingerprint density at radius 3 is 2.46 bits per heavy atom. The zero-order valence-electron chi connectivity index (χ0n) is 25.7. The van der Waals surface area contributed by atoms with Crippen LogP contribution in [0.5, 0.6) is 0 Å². The summed E-state index contributed by atoms with van der Waals surface area (Å²) in [5, 5.41) is 22.3. The van der Waals surface area contributed by atoms with Gasteiger partial charge in [0.25, 0.3) is 0 Å². The Hall–Kier alpha value is -2.11. The summed E-state index contributed by atoms with van der Waals surface area (Å²) >= 11 is 0. The fourth-order valence-corrected chi connectivity index (χ4v) is 6.28. The number of ketones is 1. The van der Waals surface area contributed by atoms with Crippen LogP contribution in [0.25, 0.3) is 0 Å². The topological polar surface area (TPSA) is 135 Å². The highest BCUT2D eigenvalue weighted by Crippen LogP contribution is 2.44. The summed E-state index contributed by atoms with van der Waals surface area (Å²) in [7, 11) is 3.74. The maximum absolute atomic E-state index is 13.2. The van der Waals surface area contributed by atoms with Crippen LogP contribution in [0, 0.1) is 23.7 Å². The van der Waals surface area contributed by atoms with Crippen molar-refractivity contribution in [3.63, 3.8) is 0 Å². The van der Waals surface area contributed by atoms with Gasteiger partial charge in [-0.05, 0) is 65.3 Å². The van der Waals surface area contributed by atoms with Crippen LogP contribution in [0.2, 0.25) is 0 Å². The molecule has 2 fully saturated rings. The number of hydrogen-bond acceptors (Lipinski definition) is 10. The molecule has 0 bridgehead atoms. The highest BCUT2D eigenvalue weighted by molar-refractivity contribution is 5.91. The molecule has 0 aliphatic carbocycles. The van der Waals surface area contributed by atoms with E-state index in [1.807, 2.05) is 46.7 Å². The van der Waals surface area contributed by atoms with Crippen LogP contribution >= 0.6 is 0 Å². The zero-order chi connectivity index (χ0) is 30.6. The number of esters is 1. The number of epoxide rings is 1. The van der Waals surface area contributed by atoms with E-state index in [4.69, 9.17) is 18.9 Å². The van der Waals surface area contributed by atoms with Gasteiger partial charge in [0.2, 0.25) is 0 Å². The molecule has 3 rings (SSSR count). The molecule has 3 aliphatic heterocycles. The number of cyclic esters (lactones) is 1. The fourth-order valence-electron chi connectivity index (χ4n) is 6.28. The zero-order valence-corrected chi connectivity index (χ0v) is 25.7. The molecular weight excluding hydrogens is 530 g/mol. The van der Waals surface area contributed by atoms with E-state index >= 15 is 0 Å². The van der Waals surface area contributed by atoms with Crippen molar-refractivity contribution in [2.75, 3.05) is 14.1 Å². The number of aliphatic hydroxyl groups is 2. The second-order valence-corrected chi connectivity index (χ2v) is 12.5. The van der Waals surface area contributed by atoms with E-state index in [2.05, 4.69) is 0 Å². The third-order valence-electron chi connectivity index (χ3n) is 9.00. The van der Waals surface area contributed by atoms with Crippen molar-refractivity contribution >= 4 is 18.0 Å². The summed E-state index contributed by atoms with van der Waals surface area (Å²) in [4.78, 5) is 39.9. The molecule has 0 amide bonds. The quantitative estimate of drug-likeness (QED) is 0.274. The minimum absolute atomic E-state index is 0.0435. The normalized spacial score (nSPS) is 44.8. The molecule has 12 atom stereocenters. The van der Waals surface area contributed by atoms with E-state index in [0.29, 0.717) is 12.8 Å². The maximum atomic E-state index is 13.2. The lowest BCUT2D eigenvalue weighted by Gasteiger charge is -2.44. The molecule has 0 radical (unpaired) electrons. The molecule has 10 heteroatoms. The third kappa shape index (κ3) is 8.04. The van der Waals surface area contributed by atoms with Crippen molar-refractivity contribution in [2.45, 2.75) is 116 Å². The van der Waals surface area contributed by atoms with Crippen LogP contribution in [0.15, 0.2) is 24.0 Å². The second-order valence-electron chi connectivity index (χ2n) is 12.5. The first kappa shape index (κ1) is 33.4. The number of aldehydes is 1. The number of allylic oxidation sites excluding steroid dienone is 1. The van der Waals surface area contributed by atoms with Crippen LogP contribution in [0.4, 0.5) is 0 Å². The highest BCUT2D eigenvalue weighted by Gasteiger charge is 2.55. The summed E-state index contributed by atoms with van der Waals surface area (Å²) in [6.07, 6.45) is 2.76. The Labute approximate surface area is 244 Å². The maximum Gasteiger partial charge on any atom is 0.334 e. The molecule has 2 saturated heterocycles. The van der Waals surface area contributed by atoms with Crippen molar-refractivity contribution in [3.8, 4) is 0 Å². The predicted molar refractivity (Wildman–Crippen MR) is 152 cm³/mol. The van der Waals surface area contributed by atoms with Gasteiger partial charge in [0.1, 0.15) is 29.9 Å². The lowest BCUT2D eigenvalue weighted by molar-refractivity contribution is -0.279. The molecule has 3 aliphatic rings. The number of hydrogen-bond donors (Lipinski definition) is 2. The molecular formula is C31H49NO9. The van der Waals surface area contributed by atoms with E-state index in [-0.39, 0.29) is 48.6 Å². The van der Waals surface area contributed by atoms with Gasteiger partial charge in [0.15, 0.2) is 12.1 Å². The summed E-state index contributed by atoms with van der Waals surface area (Å²) in [5.74, 6) is -3.00. The molecule has 232 valence electrons. The number of nitrogens with zero attached hydrogens (tertiary/aromatic N) is 1. The summed E-state index contributed by atoms with van der Waals surface area (Å²) in [6.45, 7) is 11.1. The minimum Gasteiger partial charge on any atom is -0.512 e. The smallest absolute Gasteiger partial charge is 0.334 e. The lowest BCUT2D eigenvalue weighted by atomic mass is 9.81. The average Bonchev–Trinajstić information content (AvgIpc) is 3.60. The number of likely N-dealkylation sites (N-methyl/N-ethyl adjacent to an activating group) is 1. The van der Waals surface area contributed by atoms with E-state index < -0.39 is 53.9 Å². The number of carbonyl (C=O) groups excluding carboxylic acids is 3. The molecule has 4 unspecified atom stereocenters. The van der Waals surface area contributed by atoms with E-state index in [1.54, 1.807) is 19.9 Å². The van der Waals surface area contributed by atoms with Gasteiger partial charge in [-0.25, -0.2) is 4.79 Å². The van der Waals surface area contributed by atoms with Crippen molar-refractivity contribution in [1.29, 1.82) is 0 Å². The average molecular weight is 580 g/mol. The van der Waals surface area contributed by atoms with Crippen LogP contribution in [-0.2, 0) is 33.3 Å². The van der Waals surface area contributed by atoms with Gasteiger partial charge in [-0.2, -0.15) is 0 Å². The first-order valence-corrected chi connectivity index (χ1v) is 14.8. The lowest BCUT2D eigenvalue weighted by Crippen LogP contribution is -2.55.